The molecule has 1 aromatic carbocycles. The van der Waals surface area contributed by atoms with Gasteiger partial charge in [0.15, 0.2) is 0 Å². The van der Waals surface area contributed by atoms with E-state index in [0.29, 0.717) is 0 Å². The molecule has 96 valence electrons. The van der Waals surface area contributed by atoms with Crippen molar-refractivity contribution in [3.8, 4) is 6.07 Å². The Balaban J connectivity index is 2.41. The van der Waals surface area contributed by atoms with E-state index in [4.69, 9.17) is 5.26 Å². The Bertz CT molecular complexity index is 748. The van der Waals surface area contributed by atoms with E-state index in [1.165, 1.54) is 18.3 Å². The van der Waals surface area contributed by atoms with E-state index in [-0.39, 0.29) is 16.3 Å². The van der Waals surface area contributed by atoms with E-state index in [1.54, 1.807) is 24.3 Å². The lowest BCUT2D eigenvalue weighted by Crippen LogP contribution is -2.15. The average molecular weight is 273 g/mol. The first-order valence-electron chi connectivity index (χ1n) is 5.47. The Morgan fingerprint density at radius 1 is 1.26 bits per heavy atom. The van der Waals surface area contributed by atoms with E-state index in [1.807, 2.05) is 13.0 Å². The summed E-state index contributed by atoms with van der Waals surface area (Å²) in [4.78, 5) is 3.88. The summed E-state index contributed by atoms with van der Waals surface area (Å²) in [6.45, 7) is 1.84. The zero-order valence-corrected chi connectivity index (χ0v) is 11.0. The van der Waals surface area contributed by atoms with Crippen molar-refractivity contribution in [2.24, 2.45) is 0 Å². The zero-order valence-electron chi connectivity index (χ0n) is 10.2. The predicted octanol–water partition coefficient (Wildman–Crippen LogP) is 2.06. The fraction of sp³-hybridized carbons (Fsp3) is 0.0769. The third-order valence-electron chi connectivity index (χ3n) is 2.45. The standard InChI is InChI=1S/C13H11N3O2S/c1-10-6-7-15-13(8-10)16-19(17,18)12-5-3-2-4-11(12)9-14/h2-8H,1H3,(H,15,16). The number of pyridine rings is 1. The second-order valence-electron chi connectivity index (χ2n) is 3.93. The number of rotatable bonds is 3. The van der Waals surface area contributed by atoms with Gasteiger partial charge in [-0.15, -0.1) is 0 Å². The van der Waals surface area contributed by atoms with Crippen molar-refractivity contribution in [2.75, 3.05) is 4.72 Å². The number of hydrogen-bond acceptors (Lipinski definition) is 4. The molecule has 5 nitrogen and oxygen atoms in total. The fourth-order valence-corrected chi connectivity index (χ4v) is 2.74. The molecule has 0 saturated carbocycles. The molecule has 0 amide bonds. The highest BCUT2D eigenvalue weighted by Gasteiger charge is 2.18. The Morgan fingerprint density at radius 2 is 2.00 bits per heavy atom. The number of anilines is 1. The van der Waals surface area contributed by atoms with Gasteiger partial charge < -0.3 is 0 Å². The van der Waals surface area contributed by atoms with Crippen LogP contribution in [0.15, 0.2) is 47.5 Å². The number of sulfonamides is 1. The van der Waals surface area contributed by atoms with Gasteiger partial charge in [-0.05, 0) is 36.8 Å². The molecule has 2 aromatic rings. The van der Waals surface area contributed by atoms with Crippen molar-refractivity contribution in [1.82, 2.24) is 4.98 Å². The van der Waals surface area contributed by atoms with Crippen LogP contribution in [0.25, 0.3) is 0 Å². The Kier molecular flexibility index (Phi) is 3.49. The summed E-state index contributed by atoms with van der Waals surface area (Å²) in [6, 6.07) is 11.3. The molecule has 6 heteroatoms. The maximum atomic E-state index is 12.2. The van der Waals surface area contributed by atoms with E-state index < -0.39 is 10.0 Å². The van der Waals surface area contributed by atoms with Crippen molar-refractivity contribution in [2.45, 2.75) is 11.8 Å². The quantitative estimate of drug-likeness (QED) is 0.927. The third kappa shape index (κ3) is 2.89. The summed E-state index contributed by atoms with van der Waals surface area (Å²) in [5, 5.41) is 8.93. The molecule has 1 N–H and O–H groups in total. The van der Waals surface area contributed by atoms with Crippen molar-refractivity contribution < 1.29 is 8.42 Å². The van der Waals surface area contributed by atoms with E-state index >= 15 is 0 Å². The Morgan fingerprint density at radius 3 is 2.68 bits per heavy atom. The molecule has 1 heterocycles. The van der Waals surface area contributed by atoms with Crippen LogP contribution in [0.5, 0.6) is 0 Å². The van der Waals surface area contributed by atoms with Crippen LogP contribution in [0.4, 0.5) is 5.82 Å². The molecule has 0 radical (unpaired) electrons. The Labute approximate surface area is 111 Å². The number of benzene rings is 1. The SMILES string of the molecule is Cc1ccnc(NS(=O)(=O)c2ccccc2C#N)c1. The van der Waals surface area contributed by atoms with E-state index in [0.717, 1.165) is 5.56 Å². The molecule has 0 bridgehead atoms. The predicted molar refractivity (Wildman–Crippen MR) is 70.9 cm³/mol. The number of nitrogens with one attached hydrogen (secondary N) is 1. The summed E-state index contributed by atoms with van der Waals surface area (Å²) in [5.41, 5.74) is 0.990. The van der Waals surface area contributed by atoms with Crippen LogP contribution in [0.3, 0.4) is 0 Å². The van der Waals surface area contributed by atoms with Crippen molar-refractivity contribution in [3.05, 3.63) is 53.7 Å². The number of aryl methyl sites for hydroxylation is 1. The average Bonchev–Trinajstić information content (AvgIpc) is 2.38. The number of nitrogens with zero attached hydrogens (tertiary/aromatic N) is 2. The summed E-state index contributed by atoms with van der Waals surface area (Å²) in [6.07, 6.45) is 1.52. The number of hydrogen-bond donors (Lipinski definition) is 1. The highest BCUT2D eigenvalue weighted by atomic mass is 32.2. The molecule has 0 atom stereocenters. The molecule has 0 spiro atoms. The number of nitriles is 1. The van der Waals surface area contributed by atoms with Gasteiger partial charge in [0.25, 0.3) is 10.0 Å². The summed E-state index contributed by atoms with van der Waals surface area (Å²) >= 11 is 0. The van der Waals surface area contributed by atoms with Crippen LogP contribution < -0.4 is 4.72 Å². The first-order chi connectivity index (χ1) is 9.03. The zero-order chi connectivity index (χ0) is 13.9. The van der Waals surface area contributed by atoms with Crippen molar-refractivity contribution in [3.63, 3.8) is 0 Å². The highest BCUT2D eigenvalue weighted by molar-refractivity contribution is 7.92. The molecule has 0 aliphatic heterocycles. The van der Waals surface area contributed by atoms with E-state index in [9.17, 15) is 8.42 Å². The third-order valence-corrected chi connectivity index (χ3v) is 3.86. The Hall–Kier alpha value is -2.39. The molecule has 2 rings (SSSR count). The molecule has 0 fully saturated rings. The molecule has 1 aromatic heterocycles. The molecule has 0 unspecified atom stereocenters. The van der Waals surface area contributed by atoms with Gasteiger partial charge in [0, 0.05) is 6.20 Å². The minimum atomic E-state index is -3.81. The smallest absolute Gasteiger partial charge is 0.263 e. The van der Waals surface area contributed by atoms with Gasteiger partial charge in [-0.2, -0.15) is 5.26 Å². The van der Waals surface area contributed by atoms with Crippen molar-refractivity contribution >= 4 is 15.8 Å². The lowest BCUT2D eigenvalue weighted by molar-refractivity contribution is 0.601. The van der Waals surface area contributed by atoms with Crippen LogP contribution in [0.1, 0.15) is 11.1 Å². The van der Waals surface area contributed by atoms with Crippen LogP contribution in [-0.2, 0) is 10.0 Å². The van der Waals surface area contributed by atoms with Gasteiger partial charge in [0.1, 0.15) is 16.8 Å². The summed E-state index contributed by atoms with van der Waals surface area (Å²) in [7, 11) is -3.81. The molecule has 0 aliphatic carbocycles. The van der Waals surface area contributed by atoms with Crippen LogP contribution >= 0.6 is 0 Å². The lowest BCUT2D eigenvalue weighted by atomic mass is 10.2. The topological polar surface area (TPSA) is 82.8 Å². The van der Waals surface area contributed by atoms with Crippen LogP contribution in [-0.4, -0.2) is 13.4 Å². The van der Waals surface area contributed by atoms with Gasteiger partial charge in [-0.25, -0.2) is 13.4 Å². The van der Waals surface area contributed by atoms with Gasteiger partial charge >= 0.3 is 0 Å². The normalized spacial score (nSPS) is 10.7. The fourth-order valence-electron chi connectivity index (χ4n) is 1.58. The first-order valence-corrected chi connectivity index (χ1v) is 6.96. The van der Waals surface area contributed by atoms with Crippen LogP contribution in [0.2, 0.25) is 0 Å². The second-order valence-corrected chi connectivity index (χ2v) is 5.58. The maximum absolute atomic E-state index is 12.2. The molecule has 19 heavy (non-hydrogen) atoms. The molecule has 0 saturated heterocycles. The first kappa shape index (κ1) is 13.1. The second kappa shape index (κ2) is 5.08. The summed E-state index contributed by atoms with van der Waals surface area (Å²) in [5.74, 6) is 0.229. The van der Waals surface area contributed by atoms with Crippen molar-refractivity contribution in [1.29, 1.82) is 5.26 Å². The minimum Gasteiger partial charge on any atom is -0.263 e. The largest absolute Gasteiger partial charge is 0.264 e. The lowest BCUT2D eigenvalue weighted by Gasteiger charge is -2.08. The molecular weight excluding hydrogens is 262 g/mol. The summed E-state index contributed by atoms with van der Waals surface area (Å²) < 4.78 is 26.7. The minimum absolute atomic E-state index is 0.0548. The molecule has 0 aliphatic rings. The highest BCUT2D eigenvalue weighted by Crippen LogP contribution is 2.18. The van der Waals surface area contributed by atoms with Gasteiger partial charge in [0.2, 0.25) is 0 Å². The van der Waals surface area contributed by atoms with Gasteiger partial charge in [0.05, 0.1) is 5.56 Å². The van der Waals surface area contributed by atoms with Gasteiger partial charge in [-0.3, -0.25) is 4.72 Å². The van der Waals surface area contributed by atoms with Crippen LogP contribution in [0, 0.1) is 18.3 Å². The maximum Gasteiger partial charge on any atom is 0.264 e. The molecular formula is C13H11N3O2S. The number of aromatic nitrogens is 1. The van der Waals surface area contributed by atoms with E-state index in [2.05, 4.69) is 9.71 Å². The van der Waals surface area contributed by atoms with Gasteiger partial charge in [-0.1, -0.05) is 12.1 Å². The monoisotopic (exact) mass is 273 g/mol.